The maximum atomic E-state index is 12.2. The van der Waals surface area contributed by atoms with Gasteiger partial charge >= 0.3 is 0 Å². The fraction of sp³-hybridized carbons (Fsp3) is 0.929. The summed E-state index contributed by atoms with van der Waals surface area (Å²) in [5.74, 6) is 1.55. The number of likely N-dealkylation sites (tertiary alicyclic amines) is 1. The molecule has 0 aromatic carbocycles. The molecular formula is C14H28N2O2. The monoisotopic (exact) mass is 256 g/mol. The van der Waals surface area contributed by atoms with Crippen molar-refractivity contribution in [3.63, 3.8) is 0 Å². The lowest BCUT2D eigenvalue weighted by Crippen LogP contribution is -2.44. The lowest BCUT2D eigenvalue weighted by atomic mass is 9.89. The summed E-state index contributed by atoms with van der Waals surface area (Å²) in [6.07, 6.45) is 4.06. The number of amides is 1. The fourth-order valence-corrected chi connectivity index (χ4v) is 2.61. The van der Waals surface area contributed by atoms with Gasteiger partial charge in [0.2, 0.25) is 5.91 Å². The number of carbonyl (C=O) groups is 1. The van der Waals surface area contributed by atoms with Gasteiger partial charge in [0.05, 0.1) is 6.04 Å². The van der Waals surface area contributed by atoms with Gasteiger partial charge in [-0.25, -0.2) is 0 Å². The molecule has 1 rings (SSSR count). The second kappa shape index (κ2) is 7.74. The van der Waals surface area contributed by atoms with Gasteiger partial charge < -0.3 is 15.4 Å². The number of ether oxygens (including phenoxy) is 1. The molecular weight excluding hydrogens is 228 g/mol. The van der Waals surface area contributed by atoms with E-state index in [9.17, 15) is 4.79 Å². The SMILES string of the molecule is COCCC(N)C(=O)N1CCCC(C(C)C)CC1. The molecule has 1 heterocycles. The van der Waals surface area contributed by atoms with E-state index >= 15 is 0 Å². The van der Waals surface area contributed by atoms with Crippen molar-refractivity contribution >= 4 is 5.91 Å². The van der Waals surface area contributed by atoms with Gasteiger partial charge in [0.15, 0.2) is 0 Å². The largest absolute Gasteiger partial charge is 0.385 e. The summed E-state index contributed by atoms with van der Waals surface area (Å²) >= 11 is 0. The van der Waals surface area contributed by atoms with Crippen molar-refractivity contribution in [2.75, 3.05) is 26.8 Å². The van der Waals surface area contributed by atoms with Crippen molar-refractivity contribution in [3.8, 4) is 0 Å². The summed E-state index contributed by atoms with van der Waals surface area (Å²) in [7, 11) is 1.64. The van der Waals surface area contributed by atoms with Crippen molar-refractivity contribution < 1.29 is 9.53 Å². The van der Waals surface area contributed by atoms with Crippen LogP contribution in [0.25, 0.3) is 0 Å². The minimum absolute atomic E-state index is 0.0939. The molecule has 1 fully saturated rings. The first-order valence-corrected chi connectivity index (χ1v) is 7.09. The third-order valence-electron chi connectivity index (χ3n) is 3.98. The molecule has 106 valence electrons. The highest BCUT2D eigenvalue weighted by Crippen LogP contribution is 2.24. The molecule has 1 amide bonds. The number of nitrogens with zero attached hydrogens (tertiary/aromatic N) is 1. The second-order valence-electron chi connectivity index (χ2n) is 5.65. The van der Waals surface area contributed by atoms with Crippen molar-refractivity contribution in [1.82, 2.24) is 4.90 Å². The molecule has 18 heavy (non-hydrogen) atoms. The zero-order valence-corrected chi connectivity index (χ0v) is 12.0. The lowest BCUT2D eigenvalue weighted by Gasteiger charge is -2.24. The number of nitrogens with two attached hydrogens (primary N) is 1. The second-order valence-corrected chi connectivity index (χ2v) is 5.65. The smallest absolute Gasteiger partial charge is 0.239 e. The molecule has 0 bridgehead atoms. The molecule has 4 nitrogen and oxygen atoms in total. The number of methoxy groups -OCH3 is 1. The van der Waals surface area contributed by atoms with Crippen LogP contribution in [0, 0.1) is 11.8 Å². The first-order valence-electron chi connectivity index (χ1n) is 7.09. The van der Waals surface area contributed by atoms with Crippen LogP contribution in [0.3, 0.4) is 0 Å². The Morgan fingerprint density at radius 1 is 1.39 bits per heavy atom. The molecule has 2 atom stereocenters. The first kappa shape index (κ1) is 15.4. The van der Waals surface area contributed by atoms with Gasteiger partial charge in [-0.05, 0) is 37.5 Å². The van der Waals surface area contributed by atoms with Gasteiger partial charge in [-0.2, -0.15) is 0 Å². The minimum atomic E-state index is -0.402. The van der Waals surface area contributed by atoms with E-state index < -0.39 is 6.04 Å². The molecule has 0 aliphatic carbocycles. The Labute approximate surface area is 111 Å². The van der Waals surface area contributed by atoms with Gasteiger partial charge in [0.1, 0.15) is 0 Å². The van der Waals surface area contributed by atoms with E-state index in [1.54, 1.807) is 7.11 Å². The predicted molar refractivity (Wildman–Crippen MR) is 73.2 cm³/mol. The Bertz CT molecular complexity index is 256. The number of carbonyl (C=O) groups excluding carboxylic acids is 1. The van der Waals surface area contributed by atoms with Crippen molar-refractivity contribution in [3.05, 3.63) is 0 Å². The Balaban J connectivity index is 2.44. The standard InChI is InChI=1S/C14H28N2O2/c1-11(2)12-5-4-8-16(9-6-12)14(17)13(15)7-10-18-3/h11-13H,4-10,15H2,1-3H3. The Morgan fingerprint density at radius 2 is 2.11 bits per heavy atom. The summed E-state index contributed by atoms with van der Waals surface area (Å²) in [4.78, 5) is 14.1. The summed E-state index contributed by atoms with van der Waals surface area (Å²) in [6.45, 7) is 6.82. The molecule has 1 saturated heterocycles. The number of hydrogen-bond acceptors (Lipinski definition) is 3. The van der Waals surface area contributed by atoms with Crippen molar-refractivity contribution in [2.45, 2.75) is 45.6 Å². The Morgan fingerprint density at radius 3 is 2.72 bits per heavy atom. The zero-order valence-electron chi connectivity index (χ0n) is 12.0. The van der Waals surface area contributed by atoms with Crippen LogP contribution in [0.1, 0.15) is 39.5 Å². The highest BCUT2D eigenvalue weighted by atomic mass is 16.5. The molecule has 0 aromatic rings. The van der Waals surface area contributed by atoms with Crippen LogP contribution < -0.4 is 5.73 Å². The molecule has 2 N–H and O–H groups in total. The van der Waals surface area contributed by atoms with Crippen LogP contribution in [0.5, 0.6) is 0 Å². The number of rotatable bonds is 5. The highest BCUT2D eigenvalue weighted by Gasteiger charge is 2.25. The normalized spacial score (nSPS) is 22.9. The predicted octanol–water partition coefficient (Wildman–Crippen LogP) is 1.63. The topological polar surface area (TPSA) is 55.6 Å². The van der Waals surface area contributed by atoms with Gasteiger partial charge in [-0.15, -0.1) is 0 Å². The van der Waals surface area contributed by atoms with Crippen LogP contribution >= 0.6 is 0 Å². The quantitative estimate of drug-likeness (QED) is 0.813. The minimum Gasteiger partial charge on any atom is -0.385 e. The lowest BCUT2D eigenvalue weighted by molar-refractivity contribution is -0.133. The summed E-state index contributed by atoms with van der Waals surface area (Å²) in [5, 5.41) is 0. The summed E-state index contributed by atoms with van der Waals surface area (Å²) in [5.41, 5.74) is 5.91. The molecule has 4 heteroatoms. The van der Waals surface area contributed by atoms with Gasteiger partial charge in [-0.3, -0.25) is 4.79 Å². The molecule has 1 aliphatic heterocycles. The van der Waals surface area contributed by atoms with E-state index in [1.165, 1.54) is 6.42 Å². The Kier molecular flexibility index (Phi) is 6.65. The maximum Gasteiger partial charge on any atom is 0.239 e. The molecule has 1 aliphatic rings. The highest BCUT2D eigenvalue weighted by molar-refractivity contribution is 5.81. The average molecular weight is 256 g/mol. The maximum absolute atomic E-state index is 12.2. The first-order chi connectivity index (χ1) is 8.56. The Hall–Kier alpha value is -0.610. The van der Waals surface area contributed by atoms with Crippen molar-refractivity contribution in [2.24, 2.45) is 17.6 Å². The molecule has 0 saturated carbocycles. The van der Waals surface area contributed by atoms with E-state index in [0.717, 1.165) is 31.8 Å². The van der Waals surface area contributed by atoms with E-state index in [4.69, 9.17) is 10.5 Å². The summed E-state index contributed by atoms with van der Waals surface area (Å²) < 4.78 is 4.97. The van der Waals surface area contributed by atoms with Gasteiger partial charge in [-0.1, -0.05) is 13.8 Å². The molecule has 0 aromatic heterocycles. The molecule has 2 unspecified atom stereocenters. The van der Waals surface area contributed by atoms with E-state index in [0.29, 0.717) is 18.9 Å². The van der Waals surface area contributed by atoms with E-state index in [1.807, 2.05) is 4.90 Å². The number of hydrogen-bond donors (Lipinski definition) is 1. The average Bonchev–Trinajstić information content (AvgIpc) is 2.60. The van der Waals surface area contributed by atoms with Crippen LogP contribution in [0.4, 0.5) is 0 Å². The summed E-state index contributed by atoms with van der Waals surface area (Å²) in [6, 6.07) is -0.402. The van der Waals surface area contributed by atoms with Crippen LogP contribution in [0.15, 0.2) is 0 Å². The fourth-order valence-electron chi connectivity index (χ4n) is 2.61. The van der Waals surface area contributed by atoms with Gasteiger partial charge in [0.25, 0.3) is 0 Å². The third kappa shape index (κ3) is 4.58. The van der Waals surface area contributed by atoms with E-state index in [-0.39, 0.29) is 5.91 Å². The van der Waals surface area contributed by atoms with Crippen molar-refractivity contribution in [1.29, 1.82) is 0 Å². The van der Waals surface area contributed by atoms with Crippen LogP contribution in [-0.2, 0) is 9.53 Å². The van der Waals surface area contributed by atoms with Crippen LogP contribution in [0.2, 0.25) is 0 Å². The van der Waals surface area contributed by atoms with E-state index in [2.05, 4.69) is 13.8 Å². The zero-order chi connectivity index (χ0) is 13.5. The van der Waals surface area contributed by atoms with Crippen LogP contribution in [-0.4, -0.2) is 43.7 Å². The third-order valence-corrected chi connectivity index (χ3v) is 3.98. The molecule has 0 spiro atoms. The molecule has 0 radical (unpaired) electrons. The van der Waals surface area contributed by atoms with Gasteiger partial charge in [0, 0.05) is 26.8 Å².